The molecule has 0 saturated carbocycles. The first kappa shape index (κ1) is 29.5. The summed E-state index contributed by atoms with van der Waals surface area (Å²) in [7, 11) is 1.77. The quantitative estimate of drug-likeness (QED) is 0.211. The number of halogens is 2. The van der Waals surface area contributed by atoms with Crippen molar-refractivity contribution >= 4 is 63.3 Å². The van der Waals surface area contributed by atoms with Gasteiger partial charge in [0.2, 0.25) is 0 Å². The van der Waals surface area contributed by atoms with Crippen LogP contribution < -0.4 is 10.6 Å². The Kier molecular flexibility index (Phi) is 10.7. The van der Waals surface area contributed by atoms with Gasteiger partial charge >= 0.3 is 12.0 Å². The minimum absolute atomic E-state index is 0.0137. The molecular weight excluding hydrogens is 537 g/mol. The van der Waals surface area contributed by atoms with Crippen molar-refractivity contribution in [3.8, 4) is 0 Å². The average molecular weight is 566 g/mol. The second-order valence-corrected chi connectivity index (χ2v) is 9.48. The lowest BCUT2D eigenvalue weighted by atomic mass is 10.1. The first-order valence-corrected chi connectivity index (χ1v) is 13.1. The Hall–Kier alpha value is -4.07. The number of rotatable bonds is 7. The number of hydrogen-bond acceptors (Lipinski definition) is 3. The summed E-state index contributed by atoms with van der Waals surface area (Å²) in [6.07, 6.45) is 2.05. The molecule has 0 spiro atoms. The van der Waals surface area contributed by atoms with Crippen molar-refractivity contribution < 1.29 is 19.5 Å². The number of amides is 3. The molecule has 3 N–H and O–H groups in total. The highest BCUT2D eigenvalue weighted by atomic mass is 35.5. The molecule has 4 aromatic carbocycles. The van der Waals surface area contributed by atoms with Crippen LogP contribution in [0.15, 0.2) is 84.9 Å². The number of aromatic carboxylic acids is 1. The zero-order chi connectivity index (χ0) is 28.4. The maximum absolute atomic E-state index is 12.4. The molecule has 0 saturated heterocycles. The number of carboxylic acids is 1. The molecule has 0 aliphatic carbocycles. The topological polar surface area (TPSA) is 98.7 Å². The van der Waals surface area contributed by atoms with Crippen LogP contribution in [0.1, 0.15) is 40.5 Å². The Balaban J connectivity index is 0.000000224. The van der Waals surface area contributed by atoms with Crippen LogP contribution in [0.5, 0.6) is 0 Å². The molecule has 4 rings (SSSR count). The second-order valence-electron chi connectivity index (χ2n) is 8.67. The van der Waals surface area contributed by atoms with E-state index < -0.39 is 11.9 Å². The third kappa shape index (κ3) is 8.21. The van der Waals surface area contributed by atoms with Gasteiger partial charge in [0.25, 0.3) is 5.91 Å². The molecule has 0 atom stereocenters. The van der Waals surface area contributed by atoms with E-state index in [9.17, 15) is 19.5 Å². The van der Waals surface area contributed by atoms with Crippen molar-refractivity contribution in [2.45, 2.75) is 19.8 Å². The lowest BCUT2D eigenvalue weighted by Crippen LogP contribution is -2.32. The van der Waals surface area contributed by atoms with E-state index in [2.05, 4.69) is 17.6 Å². The zero-order valence-corrected chi connectivity index (χ0v) is 23.1. The van der Waals surface area contributed by atoms with Gasteiger partial charge in [0.1, 0.15) is 0 Å². The first-order chi connectivity index (χ1) is 18.7. The number of fused-ring (bicyclic) bond motifs is 1. The van der Waals surface area contributed by atoms with Crippen molar-refractivity contribution in [2.75, 3.05) is 24.2 Å². The zero-order valence-electron chi connectivity index (χ0n) is 21.6. The molecule has 3 amide bonds. The van der Waals surface area contributed by atoms with E-state index in [1.807, 2.05) is 36.4 Å². The fraction of sp³-hybridized carbons (Fsp3) is 0.167. The van der Waals surface area contributed by atoms with Crippen LogP contribution >= 0.6 is 23.2 Å². The number of unbranched alkanes of at least 4 members (excludes halogenated alkanes) is 1. The highest BCUT2D eigenvalue weighted by Gasteiger charge is 2.16. The van der Waals surface area contributed by atoms with E-state index in [-0.39, 0.29) is 17.2 Å². The maximum atomic E-state index is 12.4. The van der Waals surface area contributed by atoms with Crippen LogP contribution in [0.2, 0.25) is 10.0 Å². The lowest BCUT2D eigenvalue weighted by Gasteiger charge is -2.17. The summed E-state index contributed by atoms with van der Waals surface area (Å²) in [6.45, 7) is 2.83. The van der Waals surface area contributed by atoms with Crippen molar-refractivity contribution in [3.05, 3.63) is 106 Å². The van der Waals surface area contributed by atoms with Gasteiger partial charge in [-0.3, -0.25) is 4.79 Å². The fourth-order valence-electron chi connectivity index (χ4n) is 3.68. The predicted octanol–water partition coefficient (Wildman–Crippen LogP) is 8.05. The Bertz CT molecular complexity index is 1470. The van der Waals surface area contributed by atoms with Gasteiger partial charge in [-0.2, -0.15) is 0 Å². The molecule has 0 aliphatic heterocycles. The molecule has 0 heterocycles. The summed E-state index contributed by atoms with van der Waals surface area (Å²) in [5, 5.41) is 17.6. The molecule has 7 nitrogen and oxygen atoms in total. The molecule has 202 valence electrons. The van der Waals surface area contributed by atoms with Crippen LogP contribution in [0.3, 0.4) is 0 Å². The number of benzene rings is 4. The minimum Gasteiger partial charge on any atom is -0.478 e. The number of nitrogens with zero attached hydrogens (tertiary/aromatic N) is 1. The van der Waals surface area contributed by atoms with Crippen LogP contribution in [0.4, 0.5) is 16.2 Å². The highest BCUT2D eigenvalue weighted by molar-refractivity contribution is 6.42. The summed E-state index contributed by atoms with van der Waals surface area (Å²) in [5.74, 6) is -1.56. The maximum Gasteiger partial charge on any atom is 0.336 e. The Morgan fingerprint density at radius 1 is 0.821 bits per heavy atom. The number of carbonyl (C=O) groups excluding carboxylic acids is 2. The van der Waals surface area contributed by atoms with Crippen molar-refractivity contribution in [3.63, 3.8) is 0 Å². The number of hydrogen-bond donors (Lipinski definition) is 3. The summed E-state index contributed by atoms with van der Waals surface area (Å²) >= 11 is 11.7. The molecule has 9 heteroatoms. The van der Waals surface area contributed by atoms with Gasteiger partial charge in [0, 0.05) is 30.4 Å². The molecule has 0 radical (unpaired) electrons. The van der Waals surface area contributed by atoms with E-state index in [1.54, 1.807) is 48.3 Å². The van der Waals surface area contributed by atoms with E-state index in [0.717, 1.165) is 30.2 Å². The van der Waals surface area contributed by atoms with Crippen molar-refractivity contribution in [1.82, 2.24) is 4.90 Å². The Labute approximate surface area is 237 Å². The third-order valence-corrected chi connectivity index (χ3v) is 6.54. The SMILES string of the molecule is CCCCN(C)C(=O)Nc1ccc(Cl)c(Cl)c1.O=C(O)c1ccccc1C(=O)Nc1cccc2ccccc12. The normalized spacial score (nSPS) is 10.3. The standard InChI is InChI=1S/C18H13NO3.C12H16Cl2N2O/c20-17(14-9-3-4-10-15(14)18(21)22)19-16-11-5-7-12-6-1-2-8-13(12)16;1-3-4-7-16(2)12(17)15-9-5-6-10(13)11(14)8-9/h1-11H,(H,19,20)(H,21,22);5-6,8H,3-4,7H2,1-2H3,(H,15,17). The van der Waals surface area contributed by atoms with Gasteiger partial charge in [-0.15, -0.1) is 0 Å². The van der Waals surface area contributed by atoms with Crippen LogP contribution in [0, 0.1) is 0 Å². The average Bonchev–Trinajstić information content (AvgIpc) is 2.94. The summed E-state index contributed by atoms with van der Waals surface area (Å²) in [6, 6.07) is 24.3. The molecule has 0 unspecified atom stereocenters. The molecular formula is C30H29Cl2N3O4. The number of nitrogens with one attached hydrogen (secondary N) is 2. The molecule has 0 aromatic heterocycles. The molecule has 0 fully saturated rings. The van der Waals surface area contributed by atoms with Crippen molar-refractivity contribution in [2.24, 2.45) is 0 Å². The van der Waals surface area contributed by atoms with Crippen LogP contribution in [-0.2, 0) is 0 Å². The van der Waals surface area contributed by atoms with Gasteiger partial charge in [-0.05, 0) is 48.2 Å². The molecule has 4 aromatic rings. The fourth-order valence-corrected chi connectivity index (χ4v) is 3.98. The van der Waals surface area contributed by atoms with Gasteiger partial charge in [-0.25, -0.2) is 9.59 Å². The van der Waals surface area contributed by atoms with Gasteiger partial charge in [0.15, 0.2) is 0 Å². The van der Waals surface area contributed by atoms with E-state index in [1.165, 1.54) is 12.1 Å². The molecule has 0 aliphatic rings. The van der Waals surface area contributed by atoms with Gasteiger partial charge in [-0.1, -0.05) is 85.1 Å². The number of anilines is 2. The van der Waals surface area contributed by atoms with E-state index in [4.69, 9.17) is 23.2 Å². The third-order valence-electron chi connectivity index (χ3n) is 5.80. The lowest BCUT2D eigenvalue weighted by molar-refractivity contribution is 0.0692. The minimum atomic E-state index is -1.12. The Morgan fingerprint density at radius 3 is 2.18 bits per heavy atom. The van der Waals surface area contributed by atoms with Crippen molar-refractivity contribution in [1.29, 1.82) is 0 Å². The smallest absolute Gasteiger partial charge is 0.336 e. The monoisotopic (exact) mass is 565 g/mol. The van der Waals surface area contributed by atoms with E-state index >= 15 is 0 Å². The summed E-state index contributed by atoms with van der Waals surface area (Å²) in [4.78, 5) is 37.0. The van der Waals surface area contributed by atoms with Gasteiger partial charge < -0.3 is 20.6 Å². The summed E-state index contributed by atoms with van der Waals surface area (Å²) in [5.41, 5.74) is 1.43. The van der Waals surface area contributed by atoms with E-state index in [0.29, 0.717) is 21.4 Å². The molecule has 39 heavy (non-hydrogen) atoms. The molecule has 0 bridgehead atoms. The van der Waals surface area contributed by atoms with Gasteiger partial charge in [0.05, 0.1) is 21.2 Å². The Morgan fingerprint density at radius 2 is 1.49 bits per heavy atom. The largest absolute Gasteiger partial charge is 0.478 e. The number of urea groups is 1. The summed E-state index contributed by atoms with van der Waals surface area (Å²) < 4.78 is 0. The first-order valence-electron chi connectivity index (χ1n) is 12.3. The number of carboxylic acid groups (broad SMARTS) is 1. The second kappa shape index (κ2) is 14.2. The van der Waals surface area contributed by atoms with Crippen LogP contribution in [-0.4, -0.2) is 41.5 Å². The predicted molar refractivity (Wildman–Crippen MR) is 158 cm³/mol. The highest BCUT2D eigenvalue weighted by Crippen LogP contribution is 2.25. The number of carbonyl (C=O) groups is 3. The van der Waals surface area contributed by atoms with Crippen LogP contribution in [0.25, 0.3) is 10.8 Å².